The van der Waals surface area contributed by atoms with Crippen molar-refractivity contribution in [1.29, 1.82) is 0 Å². The lowest BCUT2D eigenvalue weighted by atomic mass is 10.0. The molecule has 8 nitrogen and oxygen atoms in total. The number of benzene rings is 1. The van der Waals surface area contributed by atoms with E-state index in [4.69, 9.17) is 5.11 Å². The molecule has 0 aliphatic carbocycles. The maximum Gasteiger partial charge on any atom is 0.407 e. The second-order valence-corrected chi connectivity index (χ2v) is 6.71. The second-order valence-electron chi connectivity index (χ2n) is 6.71. The van der Waals surface area contributed by atoms with Gasteiger partial charge in [-0.15, -0.1) is 0 Å². The summed E-state index contributed by atoms with van der Waals surface area (Å²) in [5, 5.41) is 13.4. The van der Waals surface area contributed by atoms with Gasteiger partial charge in [-0.2, -0.15) is 5.10 Å². The van der Waals surface area contributed by atoms with Crippen LogP contribution in [0.5, 0.6) is 0 Å². The number of carbonyl (C=O) groups is 2. The van der Waals surface area contributed by atoms with Crippen LogP contribution in [0.3, 0.4) is 0 Å². The van der Waals surface area contributed by atoms with Crippen molar-refractivity contribution >= 4 is 12.0 Å². The number of aromatic nitrogens is 3. The molecular weight excluding hydrogens is 322 g/mol. The van der Waals surface area contributed by atoms with Gasteiger partial charge in [0, 0.05) is 50.6 Å². The summed E-state index contributed by atoms with van der Waals surface area (Å²) in [4.78, 5) is 31.7. The molecule has 0 spiro atoms. The monoisotopic (exact) mass is 341 g/mol. The Balaban J connectivity index is 1.55. The van der Waals surface area contributed by atoms with Crippen molar-refractivity contribution in [1.82, 2.24) is 24.6 Å². The number of aryl methyl sites for hydroxylation is 1. The lowest BCUT2D eigenvalue weighted by Crippen LogP contribution is -2.35. The van der Waals surface area contributed by atoms with E-state index in [1.54, 1.807) is 24.1 Å². The summed E-state index contributed by atoms with van der Waals surface area (Å²) in [6.45, 7) is 2.20. The number of likely N-dealkylation sites (tertiary alicyclic amines) is 2. The van der Waals surface area contributed by atoms with Crippen LogP contribution < -0.4 is 0 Å². The standard InChI is InChI=1S/C17H19N5O3/c1-20-10-18-15(19-20)13-4-2-3-5-14(13)16(23)21-6-11-8-22(17(24)25)9-12(11)7-21/h2-5,10-12H,6-9H2,1H3,(H,24,25). The van der Waals surface area contributed by atoms with Gasteiger partial charge in [-0.1, -0.05) is 18.2 Å². The lowest BCUT2D eigenvalue weighted by Gasteiger charge is -2.21. The number of hydrogen-bond acceptors (Lipinski definition) is 4. The van der Waals surface area contributed by atoms with Crippen LogP contribution in [0.4, 0.5) is 4.79 Å². The van der Waals surface area contributed by atoms with Gasteiger partial charge in [0.1, 0.15) is 6.33 Å². The zero-order valence-electron chi connectivity index (χ0n) is 13.9. The summed E-state index contributed by atoms with van der Waals surface area (Å²) in [5.41, 5.74) is 1.31. The van der Waals surface area contributed by atoms with E-state index in [1.165, 1.54) is 4.90 Å². The van der Waals surface area contributed by atoms with Crippen LogP contribution in [-0.2, 0) is 7.05 Å². The van der Waals surface area contributed by atoms with Crippen LogP contribution in [-0.4, -0.2) is 67.9 Å². The molecule has 1 N–H and O–H groups in total. The Bertz CT molecular complexity index is 819. The first-order valence-electron chi connectivity index (χ1n) is 8.25. The van der Waals surface area contributed by atoms with Crippen molar-refractivity contribution in [3.63, 3.8) is 0 Å². The third kappa shape index (κ3) is 2.73. The van der Waals surface area contributed by atoms with Crippen molar-refractivity contribution in [2.24, 2.45) is 18.9 Å². The highest BCUT2D eigenvalue weighted by atomic mass is 16.4. The molecule has 2 fully saturated rings. The molecule has 3 heterocycles. The van der Waals surface area contributed by atoms with Crippen LogP contribution in [0.2, 0.25) is 0 Å². The van der Waals surface area contributed by atoms with Crippen LogP contribution >= 0.6 is 0 Å². The first-order valence-corrected chi connectivity index (χ1v) is 8.25. The topological polar surface area (TPSA) is 91.6 Å². The molecule has 130 valence electrons. The third-order valence-corrected chi connectivity index (χ3v) is 5.04. The summed E-state index contributed by atoms with van der Waals surface area (Å²) in [7, 11) is 1.79. The smallest absolute Gasteiger partial charge is 0.407 e. The van der Waals surface area contributed by atoms with Crippen molar-refractivity contribution in [3.05, 3.63) is 36.2 Å². The molecule has 1 aromatic carbocycles. The molecule has 0 radical (unpaired) electrons. The predicted octanol–water partition coefficient (Wildman–Crippen LogP) is 1.16. The second kappa shape index (κ2) is 5.87. The van der Waals surface area contributed by atoms with Crippen LogP contribution in [0.25, 0.3) is 11.4 Å². The molecule has 1 aromatic heterocycles. The number of carbonyl (C=O) groups excluding carboxylic acids is 1. The quantitative estimate of drug-likeness (QED) is 0.885. The molecular formula is C17H19N5O3. The summed E-state index contributed by atoms with van der Waals surface area (Å²) < 4.78 is 1.61. The molecule has 2 unspecified atom stereocenters. The van der Waals surface area contributed by atoms with Gasteiger partial charge in [-0.05, 0) is 6.07 Å². The molecule has 25 heavy (non-hydrogen) atoms. The Hall–Kier alpha value is -2.90. The summed E-state index contributed by atoms with van der Waals surface area (Å²) >= 11 is 0. The number of rotatable bonds is 2. The molecule has 2 aliphatic heterocycles. The van der Waals surface area contributed by atoms with Gasteiger partial charge in [-0.25, -0.2) is 9.78 Å². The minimum absolute atomic E-state index is 0.0423. The van der Waals surface area contributed by atoms with Gasteiger partial charge in [0.2, 0.25) is 0 Å². The molecule has 2 aliphatic rings. The summed E-state index contributed by atoms with van der Waals surface area (Å²) in [5.74, 6) is 0.933. The molecule has 0 saturated carbocycles. The van der Waals surface area contributed by atoms with Crippen molar-refractivity contribution in [2.75, 3.05) is 26.2 Å². The van der Waals surface area contributed by atoms with Gasteiger partial charge in [0.25, 0.3) is 5.91 Å². The fraction of sp³-hybridized carbons (Fsp3) is 0.412. The van der Waals surface area contributed by atoms with E-state index >= 15 is 0 Å². The highest BCUT2D eigenvalue weighted by Crippen LogP contribution is 2.33. The zero-order chi connectivity index (χ0) is 17.6. The normalized spacial score (nSPS) is 22.3. The molecule has 2 aromatic rings. The Morgan fingerprint density at radius 2 is 1.72 bits per heavy atom. The highest BCUT2D eigenvalue weighted by molar-refractivity contribution is 6.00. The van der Waals surface area contributed by atoms with Gasteiger partial charge >= 0.3 is 6.09 Å². The van der Waals surface area contributed by atoms with Crippen LogP contribution in [0.1, 0.15) is 10.4 Å². The maximum absolute atomic E-state index is 13.0. The lowest BCUT2D eigenvalue weighted by molar-refractivity contribution is 0.0775. The fourth-order valence-corrected chi connectivity index (χ4v) is 3.81. The Kier molecular flexibility index (Phi) is 3.67. The fourth-order valence-electron chi connectivity index (χ4n) is 3.81. The highest BCUT2D eigenvalue weighted by Gasteiger charge is 2.43. The van der Waals surface area contributed by atoms with Crippen molar-refractivity contribution in [3.8, 4) is 11.4 Å². The molecule has 4 rings (SSSR count). The SMILES string of the molecule is Cn1cnc(-c2ccccc2C(=O)N2CC3CN(C(=O)O)CC3C2)n1. The molecule has 2 amide bonds. The van der Waals surface area contributed by atoms with Gasteiger partial charge in [0.15, 0.2) is 5.82 Å². The van der Waals surface area contributed by atoms with E-state index in [2.05, 4.69) is 10.1 Å². The first-order chi connectivity index (χ1) is 12.0. The number of fused-ring (bicyclic) bond motifs is 1. The number of nitrogens with zero attached hydrogens (tertiary/aromatic N) is 5. The van der Waals surface area contributed by atoms with E-state index in [0.29, 0.717) is 37.6 Å². The average molecular weight is 341 g/mol. The van der Waals surface area contributed by atoms with E-state index in [0.717, 1.165) is 5.56 Å². The average Bonchev–Trinajstić information content (AvgIpc) is 3.28. The van der Waals surface area contributed by atoms with Crippen LogP contribution in [0, 0.1) is 11.8 Å². The number of hydrogen-bond donors (Lipinski definition) is 1. The van der Waals surface area contributed by atoms with Crippen molar-refractivity contribution in [2.45, 2.75) is 0 Å². The minimum atomic E-state index is -0.876. The van der Waals surface area contributed by atoms with Crippen LogP contribution in [0.15, 0.2) is 30.6 Å². The first kappa shape index (κ1) is 15.6. The van der Waals surface area contributed by atoms with E-state index in [9.17, 15) is 9.59 Å². The Labute approximate surface area is 144 Å². The van der Waals surface area contributed by atoms with Gasteiger partial charge < -0.3 is 14.9 Å². The number of amides is 2. The molecule has 8 heteroatoms. The third-order valence-electron chi connectivity index (χ3n) is 5.04. The van der Waals surface area contributed by atoms with E-state index in [1.807, 2.05) is 23.1 Å². The van der Waals surface area contributed by atoms with Gasteiger partial charge in [-0.3, -0.25) is 9.48 Å². The summed E-state index contributed by atoms with van der Waals surface area (Å²) in [6.07, 6.45) is 0.732. The van der Waals surface area contributed by atoms with Gasteiger partial charge in [0.05, 0.1) is 5.56 Å². The minimum Gasteiger partial charge on any atom is -0.465 e. The van der Waals surface area contributed by atoms with E-state index < -0.39 is 6.09 Å². The van der Waals surface area contributed by atoms with Crippen molar-refractivity contribution < 1.29 is 14.7 Å². The largest absolute Gasteiger partial charge is 0.465 e. The molecule has 0 bridgehead atoms. The molecule has 2 atom stereocenters. The Morgan fingerprint density at radius 3 is 2.32 bits per heavy atom. The number of carboxylic acid groups (broad SMARTS) is 1. The summed E-state index contributed by atoms with van der Waals surface area (Å²) in [6, 6.07) is 7.35. The Morgan fingerprint density at radius 1 is 1.08 bits per heavy atom. The maximum atomic E-state index is 13.0. The zero-order valence-corrected chi connectivity index (χ0v) is 13.9. The predicted molar refractivity (Wildman–Crippen MR) is 88.9 cm³/mol. The van der Waals surface area contributed by atoms with E-state index in [-0.39, 0.29) is 17.7 Å². The molecule has 2 saturated heterocycles.